The third-order valence-corrected chi connectivity index (χ3v) is 4.10. The van der Waals surface area contributed by atoms with Crippen molar-refractivity contribution in [1.82, 2.24) is 0 Å². The molecule has 2 N–H and O–H groups in total. The van der Waals surface area contributed by atoms with Crippen LogP contribution in [0.3, 0.4) is 0 Å². The summed E-state index contributed by atoms with van der Waals surface area (Å²) in [5.41, 5.74) is 0.0535. The van der Waals surface area contributed by atoms with Gasteiger partial charge >= 0.3 is 0 Å². The SMILES string of the molecule is CC(O)(CNc1cc(Br)ccc1[N+](=O)[O-])c1ccsc1. The van der Waals surface area contributed by atoms with E-state index in [4.69, 9.17) is 0 Å². The number of nitrogens with zero attached hydrogens (tertiary/aromatic N) is 1. The lowest BCUT2D eigenvalue weighted by molar-refractivity contribution is -0.384. The maximum Gasteiger partial charge on any atom is 0.292 e. The lowest BCUT2D eigenvalue weighted by atomic mass is 9.99. The number of hydrogen-bond donors (Lipinski definition) is 2. The van der Waals surface area contributed by atoms with E-state index < -0.39 is 10.5 Å². The molecule has 0 saturated heterocycles. The van der Waals surface area contributed by atoms with E-state index in [1.807, 2.05) is 16.8 Å². The van der Waals surface area contributed by atoms with Gasteiger partial charge in [0.25, 0.3) is 5.69 Å². The first kappa shape index (κ1) is 15.0. The van der Waals surface area contributed by atoms with E-state index in [-0.39, 0.29) is 12.2 Å². The average molecular weight is 357 g/mol. The number of nitro groups is 1. The van der Waals surface area contributed by atoms with E-state index in [9.17, 15) is 15.2 Å². The molecule has 0 amide bonds. The van der Waals surface area contributed by atoms with Crippen LogP contribution in [0.5, 0.6) is 0 Å². The van der Waals surface area contributed by atoms with Gasteiger partial charge < -0.3 is 10.4 Å². The Labute approximate surface area is 128 Å². The highest BCUT2D eigenvalue weighted by Gasteiger charge is 2.24. The van der Waals surface area contributed by atoms with Gasteiger partial charge in [0.2, 0.25) is 0 Å². The van der Waals surface area contributed by atoms with Gasteiger partial charge in [-0.2, -0.15) is 11.3 Å². The summed E-state index contributed by atoms with van der Waals surface area (Å²) in [4.78, 5) is 10.5. The second kappa shape index (κ2) is 5.90. The van der Waals surface area contributed by atoms with E-state index in [2.05, 4.69) is 21.2 Å². The molecule has 106 valence electrons. The van der Waals surface area contributed by atoms with Crippen LogP contribution in [0.2, 0.25) is 0 Å². The maximum atomic E-state index is 11.0. The molecule has 1 aromatic heterocycles. The molecule has 0 bridgehead atoms. The van der Waals surface area contributed by atoms with Crippen molar-refractivity contribution in [3.05, 3.63) is 55.2 Å². The standard InChI is InChI=1S/C13H13BrN2O3S/c1-13(17,9-4-5-20-7-9)8-15-11-6-10(14)2-3-12(11)16(18)19/h2-7,15,17H,8H2,1H3. The van der Waals surface area contributed by atoms with Crippen LogP contribution in [-0.4, -0.2) is 16.6 Å². The molecule has 1 aromatic carbocycles. The molecule has 2 rings (SSSR count). The highest BCUT2D eigenvalue weighted by Crippen LogP contribution is 2.30. The zero-order valence-electron chi connectivity index (χ0n) is 10.7. The Morgan fingerprint density at radius 1 is 1.50 bits per heavy atom. The van der Waals surface area contributed by atoms with E-state index in [1.54, 1.807) is 19.1 Å². The van der Waals surface area contributed by atoms with Crippen molar-refractivity contribution in [2.24, 2.45) is 0 Å². The average Bonchev–Trinajstić information content (AvgIpc) is 2.90. The largest absolute Gasteiger partial charge is 0.384 e. The van der Waals surface area contributed by atoms with Crippen molar-refractivity contribution >= 4 is 38.6 Å². The van der Waals surface area contributed by atoms with Gasteiger partial charge in [0.05, 0.1) is 4.92 Å². The molecule has 5 nitrogen and oxygen atoms in total. The first-order valence-corrected chi connectivity index (χ1v) is 7.56. The van der Waals surface area contributed by atoms with Gasteiger partial charge in [0.1, 0.15) is 11.3 Å². The second-order valence-corrected chi connectivity index (χ2v) is 6.25. The molecule has 0 aliphatic heterocycles. The molecule has 7 heteroatoms. The Kier molecular flexibility index (Phi) is 4.42. The summed E-state index contributed by atoms with van der Waals surface area (Å²) in [6.07, 6.45) is 0. The minimum atomic E-state index is -1.09. The van der Waals surface area contributed by atoms with Crippen LogP contribution in [0, 0.1) is 10.1 Å². The number of anilines is 1. The molecule has 2 aromatic rings. The summed E-state index contributed by atoms with van der Waals surface area (Å²) in [7, 11) is 0. The number of rotatable bonds is 5. The summed E-state index contributed by atoms with van der Waals surface area (Å²) in [6, 6.07) is 6.50. The summed E-state index contributed by atoms with van der Waals surface area (Å²) >= 11 is 4.78. The van der Waals surface area contributed by atoms with Crippen LogP contribution in [0.25, 0.3) is 0 Å². The van der Waals surface area contributed by atoms with E-state index in [0.717, 1.165) is 10.0 Å². The van der Waals surface area contributed by atoms with Crippen LogP contribution >= 0.6 is 27.3 Å². The molecule has 0 aliphatic rings. The van der Waals surface area contributed by atoms with Gasteiger partial charge in [-0.25, -0.2) is 0 Å². The first-order chi connectivity index (χ1) is 9.40. The van der Waals surface area contributed by atoms with Crippen molar-refractivity contribution in [3.63, 3.8) is 0 Å². The van der Waals surface area contributed by atoms with E-state index in [0.29, 0.717) is 5.69 Å². The molecule has 20 heavy (non-hydrogen) atoms. The topological polar surface area (TPSA) is 75.4 Å². The normalized spacial score (nSPS) is 13.8. The third-order valence-electron chi connectivity index (χ3n) is 2.92. The Hall–Kier alpha value is -1.44. The van der Waals surface area contributed by atoms with E-state index >= 15 is 0 Å². The van der Waals surface area contributed by atoms with Crippen LogP contribution in [0.4, 0.5) is 11.4 Å². The van der Waals surface area contributed by atoms with Gasteiger partial charge in [0.15, 0.2) is 0 Å². The summed E-state index contributed by atoms with van der Waals surface area (Å²) in [5, 5.41) is 28.1. The van der Waals surface area contributed by atoms with Crippen LogP contribution < -0.4 is 5.32 Å². The molecule has 0 aliphatic carbocycles. The van der Waals surface area contributed by atoms with Gasteiger partial charge in [-0.3, -0.25) is 10.1 Å². The van der Waals surface area contributed by atoms with Crippen molar-refractivity contribution in [2.75, 3.05) is 11.9 Å². The van der Waals surface area contributed by atoms with E-state index in [1.165, 1.54) is 17.4 Å². The molecular weight excluding hydrogens is 344 g/mol. The fourth-order valence-electron chi connectivity index (χ4n) is 1.75. The smallest absolute Gasteiger partial charge is 0.292 e. The zero-order chi connectivity index (χ0) is 14.8. The van der Waals surface area contributed by atoms with Gasteiger partial charge in [-0.1, -0.05) is 15.9 Å². The summed E-state index contributed by atoms with van der Waals surface area (Å²) in [5.74, 6) is 0. The van der Waals surface area contributed by atoms with Crippen LogP contribution in [0.1, 0.15) is 12.5 Å². The molecule has 1 unspecified atom stereocenters. The maximum absolute atomic E-state index is 11.0. The molecular formula is C13H13BrN2O3S. The second-order valence-electron chi connectivity index (χ2n) is 4.56. The fraction of sp³-hybridized carbons (Fsp3) is 0.231. The Morgan fingerprint density at radius 3 is 2.85 bits per heavy atom. The molecule has 1 heterocycles. The molecule has 1 atom stereocenters. The van der Waals surface area contributed by atoms with Gasteiger partial charge in [-0.15, -0.1) is 0 Å². The molecule has 0 fully saturated rings. The fourth-order valence-corrected chi connectivity index (χ4v) is 2.89. The molecule has 0 radical (unpaired) electrons. The highest BCUT2D eigenvalue weighted by molar-refractivity contribution is 9.10. The Balaban J connectivity index is 2.19. The van der Waals surface area contributed by atoms with Crippen molar-refractivity contribution in [1.29, 1.82) is 0 Å². The van der Waals surface area contributed by atoms with Crippen molar-refractivity contribution < 1.29 is 10.0 Å². The highest BCUT2D eigenvalue weighted by atomic mass is 79.9. The third kappa shape index (κ3) is 3.36. The van der Waals surface area contributed by atoms with Crippen molar-refractivity contribution in [2.45, 2.75) is 12.5 Å². The monoisotopic (exact) mass is 356 g/mol. The molecule has 0 saturated carbocycles. The Bertz CT molecular complexity index is 614. The number of nitrogens with one attached hydrogen (secondary N) is 1. The number of hydrogen-bond acceptors (Lipinski definition) is 5. The number of benzene rings is 1. The molecule has 0 spiro atoms. The quantitative estimate of drug-likeness (QED) is 0.631. The first-order valence-electron chi connectivity index (χ1n) is 5.83. The predicted octanol–water partition coefficient (Wildman–Crippen LogP) is 3.74. The van der Waals surface area contributed by atoms with Crippen molar-refractivity contribution in [3.8, 4) is 0 Å². The van der Waals surface area contributed by atoms with Crippen LogP contribution in [0.15, 0.2) is 39.5 Å². The minimum absolute atomic E-state index is 0.0191. The van der Waals surface area contributed by atoms with Gasteiger partial charge in [-0.05, 0) is 41.4 Å². The lowest BCUT2D eigenvalue weighted by Gasteiger charge is -2.23. The number of thiophene rings is 1. The summed E-state index contributed by atoms with van der Waals surface area (Å²) in [6.45, 7) is 1.85. The Morgan fingerprint density at radius 2 is 2.25 bits per heavy atom. The number of halogens is 1. The minimum Gasteiger partial charge on any atom is -0.384 e. The summed E-state index contributed by atoms with van der Waals surface area (Å²) < 4.78 is 0.737. The zero-order valence-corrected chi connectivity index (χ0v) is 13.1. The number of aliphatic hydroxyl groups is 1. The lowest BCUT2D eigenvalue weighted by Crippen LogP contribution is -2.30. The van der Waals surface area contributed by atoms with Crippen LogP contribution in [-0.2, 0) is 5.60 Å². The number of nitro benzene ring substituents is 1. The predicted molar refractivity (Wildman–Crippen MR) is 83.2 cm³/mol. The van der Waals surface area contributed by atoms with Gasteiger partial charge in [0, 0.05) is 17.1 Å².